The van der Waals surface area contributed by atoms with Gasteiger partial charge in [-0.3, -0.25) is 0 Å². The van der Waals surface area contributed by atoms with E-state index in [-0.39, 0.29) is 10.9 Å². The van der Waals surface area contributed by atoms with Gasteiger partial charge in [-0.25, -0.2) is 23.1 Å². The van der Waals surface area contributed by atoms with Crippen LogP contribution in [0.25, 0.3) is 0 Å². The van der Waals surface area contributed by atoms with Gasteiger partial charge in [-0.1, -0.05) is 17.7 Å². The summed E-state index contributed by atoms with van der Waals surface area (Å²) in [5.41, 5.74) is 0.846. The smallest absolute Gasteiger partial charge is 0.240 e. The molecule has 0 amide bonds. The van der Waals surface area contributed by atoms with Crippen molar-refractivity contribution in [1.82, 2.24) is 14.7 Å². The number of anilines is 1. The van der Waals surface area contributed by atoms with Crippen LogP contribution in [0.5, 0.6) is 0 Å². The summed E-state index contributed by atoms with van der Waals surface area (Å²) in [6, 6.07) is 6.56. The molecule has 0 saturated carbocycles. The Labute approximate surface area is 146 Å². The van der Waals surface area contributed by atoms with E-state index in [0.29, 0.717) is 17.5 Å². The van der Waals surface area contributed by atoms with Crippen molar-refractivity contribution in [2.24, 2.45) is 0 Å². The molecule has 24 heavy (non-hydrogen) atoms. The van der Waals surface area contributed by atoms with Gasteiger partial charge in [0, 0.05) is 36.5 Å². The zero-order chi connectivity index (χ0) is 17.2. The summed E-state index contributed by atoms with van der Waals surface area (Å²) < 4.78 is 27.6. The first-order valence-corrected chi connectivity index (χ1v) is 9.63. The summed E-state index contributed by atoms with van der Waals surface area (Å²) in [6.45, 7) is 2.97. The predicted octanol–water partition coefficient (Wildman–Crippen LogP) is 2.39. The summed E-state index contributed by atoms with van der Waals surface area (Å²) in [5, 5.41) is 0.443. The molecule has 0 bridgehead atoms. The molecule has 0 spiro atoms. The number of halogens is 1. The Hall–Kier alpha value is -1.70. The molecular weight excluding hydrogens is 348 g/mol. The van der Waals surface area contributed by atoms with Gasteiger partial charge in [-0.05, 0) is 43.5 Å². The number of rotatable bonds is 5. The van der Waals surface area contributed by atoms with Crippen molar-refractivity contribution in [2.75, 3.05) is 18.0 Å². The molecule has 6 nitrogen and oxygen atoms in total. The number of benzene rings is 1. The van der Waals surface area contributed by atoms with E-state index in [4.69, 9.17) is 11.6 Å². The van der Waals surface area contributed by atoms with E-state index in [1.807, 2.05) is 11.8 Å². The van der Waals surface area contributed by atoms with Crippen molar-refractivity contribution in [1.29, 1.82) is 0 Å². The van der Waals surface area contributed by atoms with E-state index in [9.17, 15) is 8.42 Å². The van der Waals surface area contributed by atoms with Gasteiger partial charge in [0.25, 0.3) is 0 Å². The van der Waals surface area contributed by atoms with Gasteiger partial charge in [-0.2, -0.15) is 0 Å². The van der Waals surface area contributed by atoms with Crippen LogP contribution in [-0.4, -0.2) is 37.5 Å². The van der Waals surface area contributed by atoms with E-state index >= 15 is 0 Å². The highest BCUT2D eigenvalue weighted by Crippen LogP contribution is 2.23. The molecule has 1 aliphatic heterocycles. The Bertz CT molecular complexity index is 814. The zero-order valence-electron chi connectivity index (χ0n) is 13.3. The molecule has 1 atom stereocenters. The fourth-order valence-electron chi connectivity index (χ4n) is 2.78. The molecular formula is C16H19ClN4O2S. The van der Waals surface area contributed by atoms with Gasteiger partial charge >= 0.3 is 0 Å². The van der Waals surface area contributed by atoms with Crippen LogP contribution in [-0.2, 0) is 10.0 Å². The van der Waals surface area contributed by atoms with Crippen LogP contribution in [0.1, 0.15) is 18.4 Å². The number of nitrogens with one attached hydrogen (secondary N) is 1. The van der Waals surface area contributed by atoms with Crippen molar-refractivity contribution in [3.63, 3.8) is 0 Å². The lowest BCUT2D eigenvalue weighted by molar-refractivity contribution is 0.565. The monoisotopic (exact) mass is 366 g/mol. The van der Waals surface area contributed by atoms with Gasteiger partial charge in [0.05, 0.1) is 4.90 Å². The first-order chi connectivity index (χ1) is 11.5. The van der Waals surface area contributed by atoms with Crippen molar-refractivity contribution in [3.8, 4) is 0 Å². The summed E-state index contributed by atoms with van der Waals surface area (Å²) >= 11 is 6.03. The largest absolute Gasteiger partial charge is 0.337 e. The summed E-state index contributed by atoms with van der Waals surface area (Å²) in [7, 11) is -3.59. The molecule has 3 rings (SSSR count). The molecule has 1 fully saturated rings. The lowest BCUT2D eigenvalue weighted by Gasteiger charge is -2.24. The van der Waals surface area contributed by atoms with Gasteiger partial charge in [-0.15, -0.1) is 0 Å². The second-order valence-electron chi connectivity index (χ2n) is 5.80. The summed E-state index contributed by atoms with van der Waals surface area (Å²) in [5.74, 6) is 0.637. The normalized spacial score (nSPS) is 18.1. The molecule has 2 heterocycles. The van der Waals surface area contributed by atoms with Crippen molar-refractivity contribution in [2.45, 2.75) is 30.7 Å². The molecule has 0 radical (unpaired) electrons. The molecule has 1 aromatic carbocycles. The number of nitrogens with zero attached hydrogens (tertiary/aromatic N) is 3. The number of hydrogen-bond donors (Lipinski definition) is 1. The average Bonchev–Trinajstić information content (AvgIpc) is 3.05. The van der Waals surface area contributed by atoms with Crippen LogP contribution in [0, 0.1) is 6.92 Å². The molecule has 2 aromatic rings. The molecule has 8 heteroatoms. The van der Waals surface area contributed by atoms with Gasteiger partial charge in [0.1, 0.15) is 0 Å². The molecule has 1 N–H and O–H groups in total. The Kier molecular flexibility index (Phi) is 5.03. The predicted molar refractivity (Wildman–Crippen MR) is 93.8 cm³/mol. The topological polar surface area (TPSA) is 75.2 Å². The second kappa shape index (κ2) is 7.04. The van der Waals surface area contributed by atoms with E-state index in [2.05, 4.69) is 14.7 Å². The van der Waals surface area contributed by atoms with Crippen LogP contribution in [0.15, 0.2) is 41.6 Å². The maximum absolute atomic E-state index is 12.5. The first kappa shape index (κ1) is 17.1. The highest BCUT2D eigenvalue weighted by atomic mass is 35.5. The highest BCUT2D eigenvalue weighted by molar-refractivity contribution is 7.89. The maximum atomic E-state index is 12.5. The van der Waals surface area contributed by atoms with Crippen LogP contribution in [0.2, 0.25) is 5.02 Å². The standard InChI is InChI=1S/C16H19ClN4O2S/c1-12-5-6-14(10-15(12)17)24(22,23)20-11-13-4-2-9-21(13)16-18-7-3-8-19-16/h3,5-8,10,13,20H,2,4,9,11H2,1H3. The molecule has 1 aromatic heterocycles. The Morgan fingerprint density at radius 3 is 2.79 bits per heavy atom. The van der Waals surface area contributed by atoms with Crippen molar-refractivity contribution in [3.05, 3.63) is 47.2 Å². The van der Waals surface area contributed by atoms with E-state index < -0.39 is 10.0 Å². The van der Waals surface area contributed by atoms with Crippen LogP contribution in [0.3, 0.4) is 0 Å². The zero-order valence-corrected chi connectivity index (χ0v) is 14.9. The number of aromatic nitrogens is 2. The fraction of sp³-hybridized carbons (Fsp3) is 0.375. The SMILES string of the molecule is Cc1ccc(S(=O)(=O)NCC2CCCN2c2ncccn2)cc1Cl. The Balaban J connectivity index is 1.71. The fourth-order valence-corrected chi connectivity index (χ4v) is 4.12. The third-order valence-electron chi connectivity index (χ3n) is 4.15. The number of hydrogen-bond acceptors (Lipinski definition) is 5. The first-order valence-electron chi connectivity index (χ1n) is 7.77. The third kappa shape index (κ3) is 3.68. The molecule has 1 saturated heterocycles. The van der Waals surface area contributed by atoms with Crippen LogP contribution < -0.4 is 9.62 Å². The lowest BCUT2D eigenvalue weighted by atomic mass is 10.2. The minimum Gasteiger partial charge on any atom is -0.337 e. The molecule has 0 aliphatic carbocycles. The van der Waals surface area contributed by atoms with Gasteiger partial charge in [0.15, 0.2) is 0 Å². The van der Waals surface area contributed by atoms with Crippen LogP contribution >= 0.6 is 11.6 Å². The molecule has 1 unspecified atom stereocenters. The van der Waals surface area contributed by atoms with E-state index in [1.54, 1.807) is 30.6 Å². The number of sulfonamides is 1. The lowest BCUT2D eigenvalue weighted by Crippen LogP contribution is -2.40. The van der Waals surface area contributed by atoms with E-state index in [1.165, 1.54) is 6.07 Å². The van der Waals surface area contributed by atoms with Crippen molar-refractivity contribution < 1.29 is 8.42 Å². The Morgan fingerprint density at radius 2 is 2.08 bits per heavy atom. The molecule has 128 valence electrons. The van der Waals surface area contributed by atoms with Gasteiger partial charge in [0.2, 0.25) is 16.0 Å². The number of aryl methyl sites for hydroxylation is 1. The quantitative estimate of drug-likeness (QED) is 0.879. The van der Waals surface area contributed by atoms with Crippen LogP contribution in [0.4, 0.5) is 5.95 Å². The maximum Gasteiger partial charge on any atom is 0.240 e. The van der Waals surface area contributed by atoms with E-state index in [0.717, 1.165) is 24.9 Å². The minimum atomic E-state index is -3.59. The Morgan fingerprint density at radius 1 is 1.33 bits per heavy atom. The molecule has 1 aliphatic rings. The summed E-state index contributed by atoms with van der Waals surface area (Å²) in [6.07, 6.45) is 5.27. The third-order valence-corrected chi connectivity index (χ3v) is 5.98. The summed E-state index contributed by atoms with van der Waals surface area (Å²) in [4.78, 5) is 10.7. The van der Waals surface area contributed by atoms with Gasteiger partial charge < -0.3 is 4.90 Å². The minimum absolute atomic E-state index is 0.0445. The average molecular weight is 367 g/mol. The second-order valence-corrected chi connectivity index (χ2v) is 7.98. The highest BCUT2D eigenvalue weighted by Gasteiger charge is 2.28. The van der Waals surface area contributed by atoms with Crippen molar-refractivity contribution >= 4 is 27.6 Å².